The van der Waals surface area contributed by atoms with Crippen LogP contribution in [-0.4, -0.2) is 22.8 Å². The number of nitrogens with zero attached hydrogens (tertiary/aromatic N) is 2. The molecule has 6 heteroatoms. The Morgan fingerprint density at radius 1 is 1.50 bits per heavy atom. The van der Waals surface area contributed by atoms with Crippen molar-refractivity contribution in [2.75, 3.05) is 7.05 Å². The fraction of sp³-hybridized carbons (Fsp3) is 0.167. The summed E-state index contributed by atoms with van der Waals surface area (Å²) in [5, 5.41) is 2.03. The molecule has 0 atom stereocenters. The third-order valence-corrected chi connectivity index (χ3v) is 4.56. The Labute approximate surface area is 126 Å². The molecule has 18 heavy (non-hydrogen) atoms. The van der Waals surface area contributed by atoms with Crippen LogP contribution >= 0.6 is 43.2 Å². The molecule has 3 nitrogen and oxygen atoms in total. The summed E-state index contributed by atoms with van der Waals surface area (Å²) in [5.41, 5.74) is 1.69. The highest BCUT2D eigenvalue weighted by molar-refractivity contribution is 9.11. The van der Waals surface area contributed by atoms with Gasteiger partial charge in [-0.05, 0) is 61.0 Å². The second-order valence-electron chi connectivity index (χ2n) is 3.76. The molecular formula is C12H10Br2N2OS. The van der Waals surface area contributed by atoms with E-state index in [0.29, 0.717) is 16.7 Å². The van der Waals surface area contributed by atoms with Gasteiger partial charge in [-0.15, -0.1) is 11.3 Å². The molecule has 0 aromatic carbocycles. The van der Waals surface area contributed by atoms with Crippen LogP contribution in [0.5, 0.6) is 0 Å². The number of rotatable bonds is 3. The van der Waals surface area contributed by atoms with Crippen molar-refractivity contribution in [2.24, 2.45) is 0 Å². The zero-order valence-corrected chi connectivity index (χ0v) is 13.5. The lowest BCUT2D eigenvalue weighted by atomic mass is 10.2. The summed E-state index contributed by atoms with van der Waals surface area (Å²) in [6.07, 6.45) is 1.65. The highest BCUT2D eigenvalue weighted by Gasteiger charge is 2.15. The van der Waals surface area contributed by atoms with Gasteiger partial charge in [-0.3, -0.25) is 4.79 Å². The first kappa shape index (κ1) is 13.7. The number of carbonyl (C=O) groups excluding carboxylic acids is 1. The second-order valence-corrected chi connectivity index (χ2v) is 6.80. The molecule has 0 aliphatic carbocycles. The number of amides is 1. The lowest BCUT2D eigenvalue weighted by molar-refractivity contribution is 0.0784. The monoisotopic (exact) mass is 388 g/mol. The van der Waals surface area contributed by atoms with Gasteiger partial charge in [0.1, 0.15) is 4.60 Å². The van der Waals surface area contributed by atoms with Gasteiger partial charge in [0.25, 0.3) is 5.91 Å². The molecule has 0 fully saturated rings. The van der Waals surface area contributed by atoms with Crippen LogP contribution in [0, 0.1) is 0 Å². The van der Waals surface area contributed by atoms with Gasteiger partial charge in [0.15, 0.2) is 0 Å². The fourth-order valence-electron chi connectivity index (χ4n) is 1.53. The first-order valence-electron chi connectivity index (χ1n) is 5.17. The fourth-order valence-corrected chi connectivity index (χ4v) is 3.15. The minimum atomic E-state index is -0.0442. The highest BCUT2D eigenvalue weighted by Crippen LogP contribution is 2.22. The molecule has 0 saturated heterocycles. The van der Waals surface area contributed by atoms with Crippen molar-refractivity contribution in [1.29, 1.82) is 0 Å². The van der Waals surface area contributed by atoms with Gasteiger partial charge in [0, 0.05) is 19.8 Å². The Kier molecular flexibility index (Phi) is 4.53. The SMILES string of the molecule is CN(Cc1csc(Br)c1)C(=O)c1cccnc1Br. The average Bonchev–Trinajstić information content (AvgIpc) is 2.74. The zero-order chi connectivity index (χ0) is 13.1. The maximum Gasteiger partial charge on any atom is 0.256 e. The van der Waals surface area contributed by atoms with Gasteiger partial charge < -0.3 is 4.90 Å². The van der Waals surface area contributed by atoms with E-state index in [9.17, 15) is 4.79 Å². The van der Waals surface area contributed by atoms with Crippen LogP contribution in [0.25, 0.3) is 0 Å². The lowest BCUT2D eigenvalue weighted by Gasteiger charge is -2.16. The van der Waals surface area contributed by atoms with E-state index < -0.39 is 0 Å². The van der Waals surface area contributed by atoms with Crippen molar-refractivity contribution in [3.05, 3.63) is 49.3 Å². The summed E-state index contributed by atoms with van der Waals surface area (Å²) in [7, 11) is 1.79. The molecule has 0 N–H and O–H groups in total. The van der Waals surface area contributed by atoms with Crippen molar-refractivity contribution in [3.8, 4) is 0 Å². The summed E-state index contributed by atoms with van der Waals surface area (Å²) in [6.45, 7) is 0.586. The number of thiophene rings is 1. The van der Waals surface area contributed by atoms with Gasteiger partial charge in [0.05, 0.1) is 9.35 Å². The van der Waals surface area contributed by atoms with E-state index in [4.69, 9.17) is 0 Å². The quantitative estimate of drug-likeness (QED) is 0.745. The molecule has 2 rings (SSSR count). The van der Waals surface area contributed by atoms with Crippen LogP contribution in [0.4, 0.5) is 0 Å². The molecule has 0 saturated carbocycles. The number of pyridine rings is 1. The number of aromatic nitrogens is 1. The normalized spacial score (nSPS) is 10.4. The van der Waals surface area contributed by atoms with E-state index in [1.165, 1.54) is 0 Å². The van der Waals surface area contributed by atoms with Crippen molar-refractivity contribution in [2.45, 2.75) is 6.54 Å². The summed E-state index contributed by atoms with van der Waals surface area (Å²) >= 11 is 8.32. The van der Waals surface area contributed by atoms with Crippen molar-refractivity contribution >= 4 is 49.1 Å². The van der Waals surface area contributed by atoms with E-state index in [-0.39, 0.29) is 5.91 Å². The van der Waals surface area contributed by atoms with E-state index in [2.05, 4.69) is 36.8 Å². The standard InChI is InChI=1S/C12H10Br2N2OS/c1-16(6-8-5-10(13)18-7-8)12(17)9-3-2-4-15-11(9)14/h2-5,7H,6H2,1H3. The molecule has 2 heterocycles. The van der Waals surface area contributed by atoms with Crippen LogP contribution < -0.4 is 0 Å². The molecule has 94 valence electrons. The Morgan fingerprint density at radius 2 is 2.28 bits per heavy atom. The molecule has 0 aliphatic heterocycles. The predicted octanol–water partition coefficient (Wildman–Crippen LogP) is 3.94. The largest absolute Gasteiger partial charge is 0.337 e. The topological polar surface area (TPSA) is 33.2 Å². The van der Waals surface area contributed by atoms with Gasteiger partial charge in [-0.25, -0.2) is 4.98 Å². The van der Waals surface area contributed by atoms with Crippen LogP contribution in [0.2, 0.25) is 0 Å². The van der Waals surface area contributed by atoms with Crippen LogP contribution in [0.15, 0.2) is 38.2 Å². The number of halogens is 2. The Bertz CT molecular complexity index is 571. The Balaban J connectivity index is 2.12. The van der Waals surface area contributed by atoms with Crippen molar-refractivity contribution in [1.82, 2.24) is 9.88 Å². The predicted molar refractivity (Wildman–Crippen MR) is 79.8 cm³/mol. The van der Waals surface area contributed by atoms with E-state index >= 15 is 0 Å². The first-order chi connectivity index (χ1) is 8.58. The minimum absolute atomic E-state index is 0.0442. The van der Waals surface area contributed by atoms with Crippen LogP contribution in [-0.2, 0) is 6.54 Å². The summed E-state index contributed by atoms with van der Waals surface area (Å²) in [5.74, 6) is -0.0442. The summed E-state index contributed by atoms with van der Waals surface area (Å²) < 4.78 is 1.65. The second kappa shape index (κ2) is 5.95. The Morgan fingerprint density at radius 3 is 2.89 bits per heavy atom. The molecule has 0 aliphatic rings. The van der Waals surface area contributed by atoms with Gasteiger partial charge in [0.2, 0.25) is 0 Å². The van der Waals surface area contributed by atoms with Gasteiger partial charge >= 0.3 is 0 Å². The molecular weight excluding hydrogens is 380 g/mol. The average molecular weight is 390 g/mol. The van der Waals surface area contributed by atoms with Crippen LogP contribution in [0.3, 0.4) is 0 Å². The van der Waals surface area contributed by atoms with Crippen molar-refractivity contribution in [3.63, 3.8) is 0 Å². The zero-order valence-electron chi connectivity index (χ0n) is 9.56. The number of hydrogen-bond acceptors (Lipinski definition) is 3. The van der Waals surface area contributed by atoms with Crippen molar-refractivity contribution < 1.29 is 4.79 Å². The highest BCUT2D eigenvalue weighted by atomic mass is 79.9. The van der Waals surface area contributed by atoms with Gasteiger partial charge in [-0.2, -0.15) is 0 Å². The smallest absolute Gasteiger partial charge is 0.256 e. The van der Waals surface area contributed by atoms with Gasteiger partial charge in [-0.1, -0.05) is 0 Å². The third kappa shape index (κ3) is 3.18. The molecule has 0 bridgehead atoms. The molecule has 2 aromatic rings. The first-order valence-corrected chi connectivity index (χ1v) is 7.63. The van der Waals surface area contributed by atoms with E-state index in [1.807, 2.05) is 11.4 Å². The molecule has 2 aromatic heterocycles. The maximum atomic E-state index is 12.2. The number of hydrogen-bond donors (Lipinski definition) is 0. The summed E-state index contributed by atoms with van der Waals surface area (Å²) in [6, 6.07) is 5.54. The molecule has 0 spiro atoms. The molecule has 0 unspecified atom stereocenters. The molecule has 1 amide bonds. The maximum absolute atomic E-state index is 12.2. The summed E-state index contributed by atoms with van der Waals surface area (Å²) in [4.78, 5) is 18.0. The molecule has 0 radical (unpaired) electrons. The lowest BCUT2D eigenvalue weighted by Crippen LogP contribution is -2.26. The number of carbonyl (C=O) groups is 1. The Hall–Kier alpha value is -0.720. The van der Waals surface area contributed by atoms with Crippen LogP contribution in [0.1, 0.15) is 15.9 Å². The van der Waals surface area contributed by atoms with E-state index in [1.54, 1.807) is 41.6 Å². The minimum Gasteiger partial charge on any atom is -0.337 e. The third-order valence-electron chi connectivity index (χ3n) is 2.38. The van der Waals surface area contributed by atoms with E-state index in [0.717, 1.165) is 9.35 Å².